The first kappa shape index (κ1) is 18.6. The molecule has 1 fully saturated rings. The van der Waals surface area contributed by atoms with E-state index in [0.29, 0.717) is 6.54 Å². The number of thiazole rings is 1. The van der Waals surface area contributed by atoms with E-state index in [1.165, 1.54) is 0 Å². The molecule has 1 saturated heterocycles. The van der Waals surface area contributed by atoms with Crippen molar-refractivity contribution >= 4 is 17.6 Å². The molecule has 28 heavy (non-hydrogen) atoms. The van der Waals surface area contributed by atoms with Gasteiger partial charge in [0.1, 0.15) is 5.75 Å². The second-order valence-electron chi connectivity index (χ2n) is 6.42. The molecule has 0 aliphatic carbocycles. The lowest BCUT2D eigenvalue weighted by atomic mass is 10.2. The van der Waals surface area contributed by atoms with E-state index in [1.54, 1.807) is 30.9 Å². The molecule has 7 heteroatoms. The van der Waals surface area contributed by atoms with Crippen molar-refractivity contribution in [2.24, 2.45) is 10.1 Å². The van der Waals surface area contributed by atoms with Gasteiger partial charge in [-0.3, -0.25) is 9.98 Å². The van der Waals surface area contributed by atoms with Crippen LogP contribution in [0.3, 0.4) is 0 Å². The number of methoxy groups -OCH3 is 1. The first-order valence-electron chi connectivity index (χ1n) is 9.26. The van der Waals surface area contributed by atoms with Crippen molar-refractivity contribution in [1.82, 2.24) is 9.66 Å². The van der Waals surface area contributed by atoms with Crippen molar-refractivity contribution in [3.8, 4) is 17.0 Å². The lowest BCUT2D eigenvalue weighted by molar-refractivity contribution is 0.117. The van der Waals surface area contributed by atoms with Crippen LogP contribution in [0.1, 0.15) is 18.5 Å². The standard InChI is InChI=1S/C21H22N4O2S/c1-26-18-9-7-16(8-10-18)20-15-28-21(23-14-19-6-4-12-27-19)25(20)24-13-17-5-2-3-11-22-17/h2-3,5,7-11,13,15,19H,4,6,12,14H2,1H3/b23-21?,24-13-/t19-/m0/s1. The molecule has 0 amide bonds. The Morgan fingerprint density at radius 2 is 2.18 bits per heavy atom. The highest BCUT2D eigenvalue weighted by molar-refractivity contribution is 7.07. The zero-order valence-electron chi connectivity index (χ0n) is 15.7. The number of pyridine rings is 1. The Hall–Kier alpha value is -2.77. The van der Waals surface area contributed by atoms with Gasteiger partial charge in [0.15, 0.2) is 0 Å². The highest BCUT2D eigenvalue weighted by Crippen LogP contribution is 2.23. The van der Waals surface area contributed by atoms with Crippen LogP contribution < -0.4 is 9.54 Å². The lowest BCUT2D eigenvalue weighted by Gasteiger charge is -2.06. The smallest absolute Gasteiger partial charge is 0.206 e. The van der Waals surface area contributed by atoms with Crippen LogP contribution in [0, 0.1) is 0 Å². The van der Waals surface area contributed by atoms with Crippen LogP contribution in [-0.2, 0) is 4.74 Å². The summed E-state index contributed by atoms with van der Waals surface area (Å²) in [5.41, 5.74) is 2.83. The first-order chi connectivity index (χ1) is 13.8. The number of hydrogen-bond acceptors (Lipinski definition) is 6. The van der Waals surface area contributed by atoms with Gasteiger partial charge in [0.25, 0.3) is 0 Å². The summed E-state index contributed by atoms with van der Waals surface area (Å²) in [7, 11) is 1.67. The van der Waals surface area contributed by atoms with Crippen LogP contribution >= 0.6 is 11.3 Å². The Bertz CT molecular complexity index is 987. The fraction of sp³-hybridized carbons (Fsp3) is 0.286. The largest absolute Gasteiger partial charge is 0.497 e. The summed E-state index contributed by atoms with van der Waals surface area (Å²) in [6.45, 7) is 1.49. The number of hydrogen-bond donors (Lipinski definition) is 0. The van der Waals surface area contributed by atoms with E-state index >= 15 is 0 Å². The number of ether oxygens (including phenoxy) is 2. The maximum absolute atomic E-state index is 5.70. The third-order valence-corrected chi connectivity index (χ3v) is 5.37. The molecule has 2 aromatic heterocycles. The Labute approximate surface area is 167 Å². The fourth-order valence-electron chi connectivity index (χ4n) is 3.02. The molecule has 6 nitrogen and oxygen atoms in total. The van der Waals surface area contributed by atoms with Crippen molar-refractivity contribution in [2.45, 2.75) is 18.9 Å². The summed E-state index contributed by atoms with van der Waals surface area (Å²) < 4.78 is 12.8. The van der Waals surface area contributed by atoms with Crippen LogP contribution in [0.5, 0.6) is 5.75 Å². The molecule has 144 valence electrons. The molecule has 0 radical (unpaired) electrons. The minimum absolute atomic E-state index is 0.208. The quantitative estimate of drug-likeness (QED) is 0.601. The third-order valence-electron chi connectivity index (χ3n) is 4.52. The van der Waals surface area contributed by atoms with Crippen molar-refractivity contribution < 1.29 is 9.47 Å². The SMILES string of the molecule is COc1ccc(-c2csc(=NC[C@@H]3CCCO3)n2/N=C\c2ccccn2)cc1. The van der Waals surface area contributed by atoms with Gasteiger partial charge in [-0.1, -0.05) is 6.07 Å². The monoisotopic (exact) mass is 394 g/mol. The van der Waals surface area contributed by atoms with E-state index in [4.69, 9.17) is 14.5 Å². The molecule has 3 heterocycles. The van der Waals surface area contributed by atoms with Gasteiger partial charge >= 0.3 is 0 Å². The molecule has 1 aromatic carbocycles. The number of aromatic nitrogens is 2. The minimum Gasteiger partial charge on any atom is -0.497 e. The zero-order valence-corrected chi connectivity index (χ0v) is 16.5. The molecule has 1 atom stereocenters. The van der Waals surface area contributed by atoms with E-state index in [-0.39, 0.29) is 6.10 Å². The van der Waals surface area contributed by atoms with Gasteiger partial charge in [0, 0.05) is 23.7 Å². The number of nitrogens with zero attached hydrogens (tertiary/aromatic N) is 4. The summed E-state index contributed by atoms with van der Waals surface area (Å²) in [4.78, 5) is 9.93. The minimum atomic E-state index is 0.208. The van der Waals surface area contributed by atoms with Crippen LogP contribution in [0.4, 0.5) is 0 Å². The van der Waals surface area contributed by atoms with Crippen LogP contribution in [-0.4, -0.2) is 42.2 Å². The summed E-state index contributed by atoms with van der Waals surface area (Å²) in [5.74, 6) is 0.825. The Morgan fingerprint density at radius 3 is 2.89 bits per heavy atom. The number of benzene rings is 1. The van der Waals surface area contributed by atoms with Crippen LogP contribution in [0.25, 0.3) is 11.3 Å². The predicted molar refractivity (Wildman–Crippen MR) is 111 cm³/mol. The first-order valence-corrected chi connectivity index (χ1v) is 10.1. The molecule has 0 unspecified atom stereocenters. The average Bonchev–Trinajstić information content (AvgIpc) is 3.41. The molecule has 3 aromatic rings. The van der Waals surface area contributed by atoms with Gasteiger partial charge in [-0.25, -0.2) is 4.68 Å². The zero-order chi connectivity index (χ0) is 19.2. The normalized spacial score (nSPS) is 17.5. The van der Waals surface area contributed by atoms with Crippen molar-refractivity contribution in [3.63, 3.8) is 0 Å². The molecule has 0 N–H and O–H groups in total. The van der Waals surface area contributed by atoms with Gasteiger partial charge < -0.3 is 9.47 Å². The molecule has 0 saturated carbocycles. The van der Waals surface area contributed by atoms with Gasteiger partial charge in [-0.2, -0.15) is 5.10 Å². The summed E-state index contributed by atoms with van der Waals surface area (Å²) >= 11 is 1.57. The molecule has 1 aliphatic rings. The van der Waals surface area contributed by atoms with E-state index in [9.17, 15) is 0 Å². The lowest BCUT2D eigenvalue weighted by Crippen LogP contribution is -2.17. The van der Waals surface area contributed by atoms with Gasteiger partial charge in [-0.05, 0) is 49.2 Å². The Kier molecular flexibility index (Phi) is 5.94. The maximum atomic E-state index is 5.70. The summed E-state index contributed by atoms with van der Waals surface area (Å²) in [5, 5.41) is 6.75. The predicted octanol–water partition coefficient (Wildman–Crippen LogP) is 3.58. The molecule has 0 spiro atoms. The van der Waals surface area contributed by atoms with Crippen LogP contribution in [0.2, 0.25) is 0 Å². The van der Waals surface area contributed by atoms with Gasteiger partial charge in [0.05, 0.1) is 37.4 Å². The summed E-state index contributed by atoms with van der Waals surface area (Å²) in [6, 6.07) is 13.7. The van der Waals surface area contributed by atoms with E-state index in [2.05, 4.69) is 15.5 Å². The topological polar surface area (TPSA) is 61.0 Å². The van der Waals surface area contributed by atoms with Gasteiger partial charge in [-0.15, -0.1) is 11.3 Å². The molecule has 4 rings (SSSR count). The van der Waals surface area contributed by atoms with E-state index < -0.39 is 0 Å². The Morgan fingerprint density at radius 1 is 1.29 bits per heavy atom. The number of rotatable bonds is 6. The second kappa shape index (κ2) is 8.95. The highest BCUT2D eigenvalue weighted by atomic mass is 32.1. The third kappa shape index (κ3) is 4.37. The van der Waals surface area contributed by atoms with Crippen LogP contribution in [0.15, 0.2) is 64.1 Å². The Balaban J connectivity index is 1.70. The van der Waals surface area contributed by atoms with Crippen molar-refractivity contribution in [2.75, 3.05) is 20.3 Å². The molecular formula is C21H22N4O2S. The maximum Gasteiger partial charge on any atom is 0.206 e. The molecule has 1 aliphatic heterocycles. The van der Waals surface area contributed by atoms with Crippen molar-refractivity contribution in [1.29, 1.82) is 0 Å². The fourth-order valence-corrected chi connectivity index (χ4v) is 3.86. The second-order valence-corrected chi connectivity index (χ2v) is 7.26. The van der Waals surface area contributed by atoms with E-state index in [0.717, 1.165) is 47.0 Å². The molecule has 0 bridgehead atoms. The van der Waals surface area contributed by atoms with Crippen molar-refractivity contribution in [3.05, 3.63) is 64.5 Å². The van der Waals surface area contributed by atoms with E-state index in [1.807, 2.05) is 47.1 Å². The highest BCUT2D eigenvalue weighted by Gasteiger charge is 2.15. The summed E-state index contributed by atoms with van der Waals surface area (Å²) in [6.07, 6.45) is 5.90. The average molecular weight is 394 g/mol. The van der Waals surface area contributed by atoms with Gasteiger partial charge in [0.2, 0.25) is 4.80 Å². The molecular weight excluding hydrogens is 372 g/mol.